The van der Waals surface area contributed by atoms with E-state index in [4.69, 9.17) is 21.1 Å². The SMILES string of the molecule is COc1cc(OC)c(CCl)cc1Br. The van der Waals surface area contributed by atoms with Crippen molar-refractivity contribution in [2.24, 2.45) is 0 Å². The van der Waals surface area contributed by atoms with Gasteiger partial charge in [-0.05, 0) is 22.0 Å². The molecule has 0 aliphatic carbocycles. The third-order valence-corrected chi connectivity index (χ3v) is 2.61. The summed E-state index contributed by atoms with van der Waals surface area (Å²) >= 11 is 9.11. The maximum absolute atomic E-state index is 5.74. The average molecular weight is 266 g/mol. The zero-order chi connectivity index (χ0) is 9.84. The number of methoxy groups -OCH3 is 2. The van der Waals surface area contributed by atoms with Crippen molar-refractivity contribution < 1.29 is 9.47 Å². The van der Waals surface area contributed by atoms with Crippen LogP contribution in [-0.2, 0) is 5.88 Å². The van der Waals surface area contributed by atoms with Gasteiger partial charge in [0.25, 0.3) is 0 Å². The normalized spacial score (nSPS) is 9.85. The fraction of sp³-hybridized carbons (Fsp3) is 0.333. The van der Waals surface area contributed by atoms with Gasteiger partial charge >= 0.3 is 0 Å². The van der Waals surface area contributed by atoms with Gasteiger partial charge in [0.15, 0.2) is 0 Å². The van der Waals surface area contributed by atoms with E-state index in [-0.39, 0.29) is 0 Å². The van der Waals surface area contributed by atoms with Gasteiger partial charge in [0, 0.05) is 11.6 Å². The lowest BCUT2D eigenvalue weighted by Crippen LogP contribution is -1.92. The molecular weight excluding hydrogens is 255 g/mol. The van der Waals surface area contributed by atoms with E-state index in [9.17, 15) is 0 Å². The number of rotatable bonds is 3. The molecular formula is C9H10BrClO2. The van der Waals surface area contributed by atoms with Gasteiger partial charge in [-0.25, -0.2) is 0 Å². The van der Waals surface area contributed by atoms with Crippen LogP contribution in [-0.4, -0.2) is 14.2 Å². The van der Waals surface area contributed by atoms with Crippen LogP contribution >= 0.6 is 27.5 Å². The summed E-state index contributed by atoms with van der Waals surface area (Å²) in [6.07, 6.45) is 0. The van der Waals surface area contributed by atoms with E-state index in [2.05, 4.69) is 15.9 Å². The molecule has 0 aliphatic heterocycles. The highest BCUT2D eigenvalue weighted by molar-refractivity contribution is 9.10. The molecule has 0 aromatic heterocycles. The molecule has 1 rings (SSSR count). The number of halogens is 2. The first-order valence-electron chi connectivity index (χ1n) is 3.69. The van der Waals surface area contributed by atoms with Crippen molar-refractivity contribution in [3.63, 3.8) is 0 Å². The number of ether oxygens (including phenoxy) is 2. The van der Waals surface area contributed by atoms with Crippen molar-refractivity contribution in [3.05, 3.63) is 22.2 Å². The van der Waals surface area contributed by atoms with Gasteiger partial charge in [-0.1, -0.05) is 0 Å². The van der Waals surface area contributed by atoms with Crippen LogP contribution in [0.1, 0.15) is 5.56 Å². The van der Waals surface area contributed by atoms with Crippen molar-refractivity contribution in [1.29, 1.82) is 0 Å². The lowest BCUT2D eigenvalue weighted by atomic mass is 10.2. The van der Waals surface area contributed by atoms with Crippen LogP contribution in [0.2, 0.25) is 0 Å². The van der Waals surface area contributed by atoms with Gasteiger partial charge in [0.1, 0.15) is 11.5 Å². The third-order valence-electron chi connectivity index (χ3n) is 1.70. The fourth-order valence-electron chi connectivity index (χ4n) is 1.03. The van der Waals surface area contributed by atoms with Gasteiger partial charge in [-0.2, -0.15) is 0 Å². The molecule has 0 heterocycles. The lowest BCUT2D eigenvalue weighted by Gasteiger charge is -2.09. The highest BCUT2D eigenvalue weighted by Crippen LogP contribution is 2.33. The molecule has 0 bridgehead atoms. The van der Waals surface area contributed by atoms with Gasteiger partial charge in [-0.3, -0.25) is 0 Å². The predicted molar refractivity (Wildman–Crippen MR) is 56.8 cm³/mol. The van der Waals surface area contributed by atoms with Crippen molar-refractivity contribution in [3.8, 4) is 11.5 Å². The van der Waals surface area contributed by atoms with Crippen LogP contribution in [0.4, 0.5) is 0 Å². The Morgan fingerprint density at radius 3 is 2.31 bits per heavy atom. The standard InChI is InChI=1S/C9H10BrClO2/c1-12-8-4-9(13-2)7(10)3-6(8)5-11/h3-4H,5H2,1-2H3. The minimum atomic E-state index is 0.422. The number of hydrogen-bond donors (Lipinski definition) is 0. The second-order valence-electron chi connectivity index (χ2n) is 2.43. The molecule has 1 aromatic carbocycles. The van der Waals surface area contributed by atoms with Crippen LogP contribution in [0.25, 0.3) is 0 Å². The Labute approximate surface area is 90.9 Å². The molecule has 1 aromatic rings. The molecule has 0 N–H and O–H groups in total. The van der Waals surface area contributed by atoms with Crippen LogP contribution in [0.5, 0.6) is 11.5 Å². The lowest BCUT2D eigenvalue weighted by molar-refractivity contribution is 0.390. The van der Waals surface area contributed by atoms with E-state index in [0.717, 1.165) is 21.5 Å². The molecule has 0 saturated heterocycles. The summed E-state index contributed by atoms with van der Waals surface area (Å²) in [7, 11) is 3.22. The zero-order valence-electron chi connectivity index (χ0n) is 7.43. The fourth-order valence-corrected chi connectivity index (χ4v) is 1.79. The van der Waals surface area contributed by atoms with Crippen LogP contribution in [0.3, 0.4) is 0 Å². The Balaban J connectivity index is 3.18. The molecule has 4 heteroatoms. The van der Waals surface area contributed by atoms with E-state index in [1.165, 1.54) is 0 Å². The van der Waals surface area contributed by atoms with Gasteiger partial charge in [0.2, 0.25) is 0 Å². The predicted octanol–water partition coefficient (Wildman–Crippen LogP) is 3.21. The molecule has 72 valence electrons. The Morgan fingerprint density at radius 1 is 1.23 bits per heavy atom. The minimum absolute atomic E-state index is 0.422. The number of alkyl halides is 1. The third kappa shape index (κ3) is 2.29. The molecule has 0 atom stereocenters. The Bertz CT molecular complexity index is 302. The smallest absolute Gasteiger partial charge is 0.136 e. The maximum Gasteiger partial charge on any atom is 0.136 e. The molecule has 0 radical (unpaired) electrons. The molecule has 2 nitrogen and oxygen atoms in total. The molecule has 0 aliphatic rings. The summed E-state index contributed by atoms with van der Waals surface area (Å²) in [5, 5.41) is 0. The Hall–Kier alpha value is -0.410. The van der Waals surface area contributed by atoms with Crippen LogP contribution in [0, 0.1) is 0 Å². The minimum Gasteiger partial charge on any atom is -0.496 e. The monoisotopic (exact) mass is 264 g/mol. The zero-order valence-corrected chi connectivity index (χ0v) is 9.78. The largest absolute Gasteiger partial charge is 0.496 e. The summed E-state index contributed by atoms with van der Waals surface area (Å²) < 4.78 is 11.1. The Morgan fingerprint density at radius 2 is 1.85 bits per heavy atom. The molecule has 0 spiro atoms. The van der Waals surface area contributed by atoms with E-state index >= 15 is 0 Å². The summed E-state index contributed by atoms with van der Waals surface area (Å²) in [5.74, 6) is 1.91. The highest BCUT2D eigenvalue weighted by Gasteiger charge is 2.07. The summed E-state index contributed by atoms with van der Waals surface area (Å²) in [6.45, 7) is 0. The molecule has 13 heavy (non-hydrogen) atoms. The quantitative estimate of drug-likeness (QED) is 0.781. The van der Waals surface area contributed by atoms with E-state index < -0.39 is 0 Å². The molecule has 0 fully saturated rings. The first kappa shape index (κ1) is 10.7. The van der Waals surface area contributed by atoms with Gasteiger partial charge in [-0.15, -0.1) is 11.6 Å². The second-order valence-corrected chi connectivity index (χ2v) is 3.55. The highest BCUT2D eigenvalue weighted by atomic mass is 79.9. The van der Waals surface area contributed by atoms with E-state index in [1.807, 2.05) is 12.1 Å². The topological polar surface area (TPSA) is 18.5 Å². The van der Waals surface area contributed by atoms with Crippen LogP contribution in [0.15, 0.2) is 16.6 Å². The Kier molecular flexibility index (Phi) is 3.88. The van der Waals surface area contributed by atoms with Gasteiger partial charge < -0.3 is 9.47 Å². The first-order valence-corrected chi connectivity index (χ1v) is 5.02. The van der Waals surface area contributed by atoms with Crippen molar-refractivity contribution in [2.45, 2.75) is 5.88 Å². The summed E-state index contributed by atoms with van der Waals surface area (Å²) in [5.41, 5.74) is 0.942. The van der Waals surface area contributed by atoms with Gasteiger partial charge in [0.05, 0.1) is 24.6 Å². The molecule has 0 saturated carbocycles. The molecule has 0 amide bonds. The van der Waals surface area contributed by atoms with Crippen molar-refractivity contribution >= 4 is 27.5 Å². The average Bonchev–Trinajstić information content (AvgIpc) is 2.17. The first-order chi connectivity index (χ1) is 6.22. The molecule has 0 unspecified atom stereocenters. The van der Waals surface area contributed by atoms with E-state index in [0.29, 0.717) is 5.88 Å². The summed E-state index contributed by atoms with van der Waals surface area (Å²) in [4.78, 5) is 0. The van der Waals surface area contributed by atoms with Crippen molar-refractivity contribution in [2.75, 3.05) is 14.2 Å². The van der Waals surface area contributed by atoms with E-state index in [1.54, 1.807) is 14.2 Å². The van der Waals surface area contributed by atoms with Crippen LogP contribution < -0.4 is 9.47 Å². The second kappa shape index (κ2) is 4.72. The maximum atomic E-state index is 5.74. The summed E-state index contributed by atoms with van der Waals surface area (Å²) in [6, 6.07) is 3.70. The van der Waals surface area contributed by atoms with Crippen molar-refractivity contribution in [1.82, 2.24) is 0 Å². The number of hydrogen-bond acceptors (Lipinski definition) is 2. The number of benzene rings is 1.